The van der Waals surface area contributed by atoms with Crippen molar-refractivity contribution in [3.05, 3.63) is 35.5 Å². The Morgan fingerprint density at radius 2 is 1.91 bits per heavy atom. The SMILES string of the molecule is CN(c1cnc(-c2ccc(-c3ncc(C#N)s3)cc2O)nn1)[C@H]1C[C@]2(C)CC[C@](C)(C1)N2. The zero-order valence-corrected chi connectivity index (χ0v) is 19.1. The first-order chi connectivity index (χ1) is 15.3. The van der Waals surface area contributed by atoms with Crippen LogP contribution in [-0.4, -0.2) is 49.4 Å². The number of hydrogen-bond acceptors (Lipinski definition) is 9. The number of phenolic OH excluding ortho intramolecular Hbond substituents is 1. The number of nitrogens with zero attached hydrogens (tertiary/aromatic N) is 6. The van der Waals surface area contributed by atoms with Crippen molar-refractivity contribution in [2.75, 3.05) is 11.9 Å². The summed E-state index contributed by atoms with van der Waals surface area (Å²) >= 11 is 1.28. The number of phenols is 1. The van der Waals surface area contributed by atoms with Crippen molar-refractivity contribution in [1.82, 2.24) is 25.5 Å². The summed E-state index contributed by atoms with van der Waals surface area (Å²) in [4.78, 5) is 11.4. The molecule has 2 bridgehead atoms. The highest BCUT2D eigenvalue weighted by Crippen LogP contribution is 2.43. The molecular weight excluding hydrogens is 422 g/mol. The molecule has 1 aromatic carbocycles. The molecule has 8 nitrogen and oxygen atoms in total. The Labute approximate surface area is 191 Å². The summed E-state index contributed by atoms with van der Waals surface area (Å²) in [7, 11) is 2.06. The van der Waals surface area contributed by atoms with Crippen molar-refractivity contribution in [2.24, 2.45) is 0 Å². The molecule has 2 fully saturated rings. The maximum absolute atomic E-state index is 10.6. The fraction of sp³-hybridized carbons (Fsp3) is 0.435. The first-order valence-corrected chi connectivity index (χ1v) is 11.5. The van der Waals surface area contributed by atoms with Crippen LogP contribution in [0.4, 0.5) is 5.82 Å². The lowest BCUT2D eigenvalue weighted by Gasteiger charge is -2.45. The highest BCUT2D eigenvalue weighted by Gasteiger charge is 2.49. The minimum absolute atomic E-state index is 0.0508. The summed E-state index contributed by atoms with van der Waals surface area (Å²) in [6, 6.07) is 7.66. The van der Waals surface area contributed by atoms with Gasteiger partial charge in [0.1, 0.15) is 21.7 Å². The number of fused-ring (bicyclic) bond motifs is 2. The Kier molecular flexibility index (Phi) is 4.87. The maximum Gasteiger partial charge on any atom is 0.185 e. The third-order valence-electron chi connectivity index (χ3n) is 6.76. The molecule has 4 heterocycles. The number of thiazole rings is 1. The molecule has 0 radical (unpaired) electrons. The lowest BCUT2D eigenvalue weighted by molar-refractivity contribution is 0.207. The summed E-state index contributed by atoms with van der Waals surface area (Å²) < 4.78 is 0. The van der Waals surface area contributed by atoms with Crippen molar-refractivity contribution < 1.29 is 5.11 Å². The number of nitriles is 1. The van der Waals surface area contributed by atoms with Crippen LogP contribution in [0.5, 0.6) is 5.75 Å². The third kappa shape index (κ3) is 3.70. The molecule has 2 saturated heterocycles. The van der Waals surface area contributed by atoms with Gasteiger partial charge in [-0.15, -0.1) is 21.5 Å². The molecule has 0 aliphatic carbocycles. The number of piperidine rings is 1. The fourth-order valence-corrected chi connectivity index (χ4v) is 5.86. The van der Waals surface area contributed by atoms with Gasteiger partial charge in [0.2, 0.25) is 0 Å². The molecule has 164 valence electrons. The van der Waals surface area contributed by atoms with E-state index in [-0.39, 0.29) is 16.8 Å². The van der Waals surface area contributed by atoms with E-state index in [1.54, 1.807) is 18.3 Å². The normalized spacial score (nSPS) is 26.6. The molecule has 0 unspecified atom stereocenters. The lowest BCUT2D eigenvalue weighted by atomic mass is 9.84. The Hall–Kier alpha value is -3.09. The van der Waals surface area contributed by atoms with Crippen LogP contribution in [0.25, 0.3) is 22.0 Å². The van der Waals surface area contributed by atoms with Gasteiger partial charge in [0.25, 0.3) is 0 Å². The minimum Gasteiger partial charge on any atom is -0.507 e. The van der Waals surface area contributed by atoms with Crippen LogP contribution in [0, 0.1) is 11.3 Å². The van der Waals surface area contributed by atoms with Gasteiger partial charge in [0.05, 0.1) is 18.0 Å². The van der Waals surface area contributed by atoms with Crippen LogP contribution < -0.4 is 10.2 Å². The predicted octanol–water partition coefficient (Wildman–Crippen LogP) is 3.74. The first-order valence-electron chi connectivity index (χ1n) is 10.7. The van der Waals surface area contributed by atoms with Crippen LogP contribution >= 0.6 is 11.3 Å². The zero-order chi connectivity index (χ0) is 22.5. The molecule has 2 aliphatic heterocycles. The van der Waals surface area contributed by atoms with E-state index in [1.807, 2.05) is 6.07 Å². The van der Waals surface area contributed by atoms with Gasteiger partial charge >= 0.3 is 0 Å². The molecule has 2 aliphatic rings. The Bertz CT molecular complexity index is 1190. The standard InChI is InChI=1S/C23H25N7OS/c1-22-6-7-23(2,29-22)10-15(9-22)30(3)19-13-25-20(28-27-19)17-5-4-14(8-18(17)31)21-26-12-16(11-24)32-21/h4-5,8,12-13,15,29,31H,6-7,9-10H2,1-3H3/t15-,22-,23+. The number of aromatic hydroxyl groups is 1. The number of rotatable bonds is 4. The average Bonchev–Trinajstić information content (AvgIpc) is 3.34. The average molecular weight is 448 g/mol. The topological polar surface area (TPSA) is 111 Å². The van der Waals surface area contributed by atoms with E-state index in [0.29, 0.717) is 27.3 Å². The van der Waals surface area contributed by atoms with Crippen molar-refractivity contribution in [1.29, 1.82) is 5.26 Å². The van der Waals surface area contributed by atoms with E-state index in [1.165, 1.54) is 30.4 Å². The summed E-state index contributed by atoms with van der Waals surface area (Å²) in [6.45, 7) is 4.62. The minimum atomic E-state index is 0.0508. The molecule has 3 aromatic rings. The van der Waals surface area contributed by atoms with E-state index in [2.05, 4.69) is 57.3 Å². The highest BCUT2D eigenvalue weighted by atomic mass is 32.1. The largest absolute Gasteiger partial charge is 0.507 e. The zero-order valence-electron chi connectivity index (χ0n) is 18.3. The van der Waals surface area contributed by atoms with Crippen molar-refractivity contribution in [2.45, 2.75) is 56.7 Å². The van der Waals surface area contributed by atoms with Gasteiger partial charge in [-0.1, -0.05) is 6.07 Å². The summed E-state index contributed by atoms with van der Waals surface area (Å²) in [6.07, 6.45) is 7.78. The van der Waals surface area contributed by atoms with Crippen LogP contribution in [-0.2, 0) is 0 Å². The number of aromatic nitrogens is 4. The van der Waals surface area contributed by atoms with Crippen molar-refractivity contribution in [3.8, 4) is 33.8 Å². The molecule has 2 aromatic heterocycles. The second-order valence-corrected chi connectivity index (χ2v) is 10.5. The van der Waals surface area contributed by atoms with Crippen molar-refractivity contribution in [3.63, 3.8) is 0 Å². The van der Waals surface area contributed by atoms with E-state index in [9.17, 15) is 5.11 Å². The second-order valence-electron chi connectivity index (χ2n) is 9.43. The first kappa shape index (κ1) is 20.8. The van der Waals surface area contributed by atoms with Crippen LogP contribution in [0.3, 0.4) is 0 Å². The highest BCUT2D eigenvalue weighted by molar-refractivity contribution is 7.15. The van der Waals surface area contributed by atoms with Gasteiger partial charge in [-0.05, 0) is 51.7 Å². The van der Waals surface area contributed by atoms with Gasteiger partial charge in [-0.2, -0.15) is 5.26 Å². The number of hydrogen-bond donors (Lipinski definition) is 2. The summed E-state index contributed by atoms with van der Waals surface area (Å²) in [5.74, 6) is 1.15. The predicted molar refractivity (Wildman–Crippen MR) is 123 cm³/mol. The monoisotopic (exact) mass is 447 g/mol. The number of nitrogens with one attached hydrogen (secondary N) is 1. The van der Waals surface area contributed by atoms with E-state index in [4.69, 9.17) is 5.26 Å². The van der Waals surface area contributed by atoms with E-state index in [0.717, 1.165) is 24.2 Å². The Balaban J connectivity index is 1.35. The van der Waals surface area contributed by atoms with Gasteiger partial charge in [-0.25, -0.2) is 9.97 Å². The molecule has 2 N–H and O–H groups in total. The summed E-state index contributed by atoms with van der Waals surface area (Å²) in [5, 5.41) is 32.8. The van der Waals surface area contributed by atoms with Crippen LogP contribution in [0.1, 0.15) is 44.4 Å². The lowest BCUT2D eigenvalue weighted by Crippen LogP contribution is -2.58. The second kappa shape index (κ2) is 7.50. The van der Waals surface area contributed by atoms with Gasteiger partial charge in [0.15, 0.2) is 11.6 Å². The molecular formula is C23H25N7OS. The van der Waals surface area contributed by atoms with Gasteiger partial charge in [0, 0.05) is 29.7 Å². The molecule has 0 amide bonds. The summed E-state index contributed by atoms with van der Waals surface area (Å²) in [5.41, 5.74) is 1.59. The third-order valence-corrected chi connectivity index (χ3v) is 7.72. The molecule has 0 spiro atoms. The maximum atomic E-state index is 10.6. The number of benzene rings is 1. The van der Waals surface area contributed by atoms with Crippen LogP contribution in [0.2, 0.25) is 0 Å². The molecule has 5 rings (SSSR count). The van der Waals surface area contributed by atoms with Gasteiger partial charge < -0.3 is 15.3 Å². The molecule has 3 atom stereocenters. The fourth-order valence-electron chi connectivity index (χ4n) is 5.15. The van der Waals surface area contributed by atoms with Gasteiger partial charge in [-0.3, -0.25) is 0 Å². The molecule has 0 saturated carbocycles. The Morgan fingerprint density at radius 1 is 1.16 bits per heavy atom. The van der Waals surface area contributed by atoms with E-state index >= 15 is 0 Å². The Morgan fingerprint density at radius 3 is 2.50 bits per heavy atom. The van der Waals surface area contributed by atoms with Crippen molar-refractivity contribution >= 4 is 17.2 Å². The molecule has 9 heteroatoms. The van der Waals surface area contributed by atoms with Crippen LogP contribution in [0.15, 0.2) is 30.6 Å². The quantitative estimate of drug-likeness (QED) is 0.622. The number of anilines is 1. The van der Waals surface area contributed by atoms with E-state index < -0.39 is 0 Å². The molecule has 32 heavy (non-hydrogen) atoms. The smallest absolute Gasteiger partial charge is 0.185 e.